The Morgan fingerprint density at radius 3 is 2.60 bits per heavy atom. The molecule has 0 heterocycles. The summed E-state index contributed by atoms with van der Waals surface area (Å²) in [5.41, 5.74) is 5.34. The van der Waals surface area contributed by atoms with Crippen molar-refractivity contribution in [2.75, 3.05) is 20.2 Å². The van der Waals surface area contributed by atoms with Crippen molar-refractivity contribution in [2.24, 2.45) is 5.73 Å². The first-order valence-electron chi connectivity index (χ1n) is 4.93. The summed E-state index contributed by atoms with van der Waals surface area (Å²) >= 11 is 0. The van der Waals surface area contributed by atoms with E-state index in [1.54, 1.807) is 7.05 Å². The maximum absolute atomic E-state index is 11.5. The van der Waals surface area contributed by atoms with E-state index in [1.165, 1.54) is 0 Å². The van der Waals surface area contributed by atoms with Gasteiger partial charge in [-0.15, -0.1) is 0 Å². The summed E-state index contributed by atoms with van der Waals surface area (Å²) in [4.78, 5) is 22.1. The molecule has 0 saturated carbocycles. The van der Waals surface area contributed by atoms with Crippen LogP contribution in [-0.2, 0) is 9.59 Å². The van der Waals surface area contributed by atoms with E-state index in [2.05, 4.69) is 10.6 Å². The molecule has 2 unspecified atom stereocenters. The first-order chi connectivity index (χ1) is 7.19. The summed E-state index contributed by atoms with van der Waals surface area (Å²) in [5.74, 6) is -0.270. The zero-order chi connectivity index (χ0) is 11.7. The fraction of sp³-hybridized carbons (Fsp3) is 0.778. The number of hydrogen-bond acceptors (Lipinski definition) is 5. The van der Waals surface area contributed by atoms with E-state index < -0.39 is 12.1 Å². The lowest BCUT2D eigenvalue weighted by molar-refractivity contribution is -0.126. The zero-order valence-electron chi connectivity index (χ0n) is 8.90. The van der Waals surface area contributed by atoms with Crippen molar-refractivity contribution in [3.05, 3.63) is 0 Å². The summed E-state index contributed by atoms with van der Waals surface area (Å²) in [6.07, 6.45) is 1.35. The molecule has 0 aliphatic heterocycles. The van der Waals surface area contributed by atoms with E-state index in [0.717, 1.165) is 0 Å². The van der Waals surface area contributed by atoms with E-state index in [1.807, 2.05) is 0 Å². The fourth-order valence-corrected chi connectivity index (χ4v) is 1.17. The molecular weight excluding hydrogens is 198 g/mol. The highest BCUT2D eigenvalue weighted by Crippen LogP contribution is 1.93. The molecule has 0 aromatic heterocycles. The third kappa shape index (κ3) is 5.46. The largest absolute Gasteiger partial charge is 0.396 e. The molecule has 1 amide bonds. The molecule has 0 aliphatic rings. The molecule has 0 aromatic rings. The van der Waals surface area contributed by atoms with Crippen LogP contribution in [0.15, 0.2) is 0 Å². The normalized spacial score (nSPS) is 14.3. The van der Waals surface area contributed by atoms with Crippen molar-refractivity contribution in [1.82, 2.24) is 10.6 Å². The first-order valence-corrected chi connectivity index (χ1v) is 4.93. The number of aliphatic hydroxyl groups is 1. The third-order valence-corrected chi connectivity index (χ3v) is 2.05. The fourth-order valence-electron chi connectivity index (χ4n) is 1.17. The van der Waals surface area contributed by atoms with E-state index in [-0.39, 0.29) is 18.9 Å². The third-order valence-electron chi connectivity index (χ3n) is 2.05. The Morgan fingerprint density at radius 2 is 2.20 bits per heavy atom. The quantitative estimate of drug-likeness (QED) is 0.352. The topological polar surface area (TPSA) is 104 Å². The first kappa shape index (κ1) is 14.0. The Balaban J connectivity index is 4.11. The average Bonchev–Trinajstić information content (AvgIpc) is 2.24. The number of carbonyl (C=O) groups excluding carboxylic acids is 2. The molecule has 0 spiro atoms. The maximum Gasteiger partial charge on any atom is 0.237 e. The summed E-state index contributed by atoms with van der Waals surface area (Å²) in [7, 11) is 1.65. The van der Waals surface area contributed by atoms with Crippen LogP contribution in [-0.4, -0.2) is 49.6 Å². The van der Waals surface area contributed by atoms with Gasteiger partial charge in [0.05, 0.1) is 12.1 Å². The SMILES string of the molecule is CNC(CCN)C(=O)NC(C=O)CCO. The molecule has 88 valence electrons. The van der Waals surface area contributed by atoms with Gasteiger partial charge in [0.2, 0.25) is 5.91 Å². The van der Waals surface area contributed by atoms with E-state index in [9.17, 15) is 9.59 Å². The maximum atomic E-state index is 11.5. The highest BCUT2D eigenvalue weighted by Gasteiger charge is 2.18. The van der Waals surface area contributed by atoms with Gasteiger partial charge in [-0.3, -0.25) is 4.79 Å². The minimum absolute atomic E-state index is 0.134. The molecule has 6 nitrogen and oxygen atoms in total. The molecular formula is C9H19N3O3. The van der Waals surface area contributed by atoms with Gasteiger partial charge in [-0.25, -0.2) is 0 Å². The lowest BCUT2D eigenvalue weighted by Gasteiger charge is -2.18. The van der Waals surface area contributed by atoms with Crippen LogP contribution < -0.4 is 16.4 Å². The molecule has 15 heavy (non-hydrogen) atoms. The summed E-state index contributed by atoms with van der Waals surface area (Å²) in [6.45, 7) is 0.259. The number of amides is 1. The highest BCUT2D eigenvalue weighted by atomic mass is 16.3. The Labute approximate surface area is 89.2 Å². The predicted octanol–water partition coefficient (Wildman–Crippen LogP) is -2.01. The summed E-state index contributed by atoms with van der Waals surface area (Å²) in [5, 5.41) is 14.0. The second-order valence-corrected chi connectivity index (χ2v) is 3.18. The number of hydrogen-bond donors (Lipinski definition) is 4. The van der Waals surface area contributed by atoms with Crippen molar-refractivity contribution in [1.29, 1.82) is 0 Å². The van der Waals surface area contributed by atoms with Gasteiger partial charge >= 0.3 is 0 Å². The average molecular weight is 217 g/mol. The van der Waals surface area contributed by atoms with Gasteiger partial charge in [0.1, 0.15) is 6.29 Å². The summed E-state index contributed by atoms with van der Waals surface area (Å²) < 4.78 is 0. The van der Waals surface area contributed by atoms with Crippen molar-refractivity contribution >= 4 is 12.2 Å². The number of rotatable bonds is 8. The monoisotopic (exact) mass is 217 g/mol. The molecule has 0 radical (unpaired) electrons. The van der Waals surface area contributed by atoms with Gasteiger partial charge in [-0.05, 0) is 26.4 Å². The van der Waals surface area contributed by atoms with E-state index in [0.29, 0.717) is 19.3 Å². The molecule has 0 aliphatic carbocycles. The Kier molecular flexibility index (Phi) is 7.79. The molecule has 0 fully saturated rings. The number of aliphatic hydroxyl groups excluding tert-OH is 1. The van der Waals surface area contributed by atoms with Gasteiger partial charge in [0.25, 0.3) is 0 Å². The van der Waals surface area contributed by atoms with Crippen LogP contribution in [0, 0.1) is 0 Å². The summed E-state index contributed by atoms with van der Waals surface area (Å²) in [6, 6.07) is -1.02. The predicted molar refractivity (Wildman–Crippen MR) is 56.2 cm³/mol. The minimum atomic E-state index is -0.629. The molecule has 0 bridgehead atoms. The molecule has 0 aromatic carbocycles. The van der Waals surface area contributed by atoms with Crippen LogP contribution in [0.5, 0.6) is 0 Å². The lowest BCUT2D eigenvalue weighted by atomic mass is 10.1. The molecule has 5 N–H and O–H groups in total. The van der Waals surface area contributed by atoms with Crippen molar-refractivity contribution in [3.8, 4) is 0 Å². The van der Waals surface area contributed by atoms with Crippen molar-refractivity contribution in [3.63, 3.8) is 0 Å². The van der Waals surface area contributed by atoms with E-state index in [4.69, 9.17) is 10.8 Å². The number of aldehydes is 1. The lowest BCUT2D eigenvalue weighted by Crippen LogP contribution is -2.48. The van der Waals surface area contributed by atoms with Crippen molar-refractivity contribution in [2.45, 2.75) is 24.9 Å². The van der Waals surface area contributed by atoms with E-state index >= 15 is 0 Å². The number of nitrogens with one attached hydrogen (secondary N) is 2. The van der Waals surface area contributed by atoms with Crippen LogP contribution in [0.3, 0.4) is 0 Å². The van der Waals surface area contributed by atoms with Crippen LogP contribution >= 0.6 is 0 Å². The van der Waals surface area contributed by atoms with Gasteiger partial charge in [-0.1, -0.05) is 0 Å². The van der Waals surface area contributed by atoms with Gasteiger partial charge < -0.3 is 26.3 Å². The number of carbonyl (C=O) groups is 2. The van der Waals surface area contributed by atoms with Crippen molar-refractivity contribution < 1.29 is 14.7 Å². The second kappa shape index (κ2) is 8.34. The zero-order valence-corrected chi connectivity index (χ0v) is 8.90. The number of nitrogens with two attached hydrogens (primary N) is 1. The Bertz CT molecular complexity index is 199. The molecule has 0 saturated heterocycles. The number of likely N-dealkylation sites (N-methyl/N-ethyl adjacent to an activating group) is 1. The molecule has 0 rings (SSSR count). The Morgan fingerprint density at radius 1 is 1.53 bits per heavy atom. The smallest absolute Gasteiger partial charge is 0.237 e. The van der Waals surface area contributed by atoms with Gasteiger partial charge in [0.15, 0.2) is 0 Å². The van der Waals surface area contributed by atoms with Crippen LogP contribution in [0.4, 0.5) is 0 Å². The van der Waals surface area contributed by atoms with Crippen LogP contribution in [0.25, 0.3) is 0 Å². The minimum Gasteiger partial charge on any atom is -0.396 e. The highest BCUT2D eigenvalue weighted by molar-refractivity contribution is 5.84. The van der Waals surface area contributed by atoms with Crippen LogP contribution in [0.1, 0.15) is 12.8 Å². The standard InChI is InChI=1S/C9H19N3O3/c1-11-8(2-4-10)9(15)12-7(6-14)3-5-13/h6-8,11,13H,2-5,10H2,1H3,(H,12,15). The molecule has 6 heteroatoms. The van der Waals surface area contributed by atoms with Gasteiger partial charge in [-0.2, -0.15) is 0 Å². The van der Waals surface area contributed by atoms with Gasteiger partial charge in [0, 0.05) is 6.61 Å². The van der Waals surface area contributed by atoms with Crippen LogP contribution in [0.2, 0.25) is 0 Å². The Hall–Kier alpha value is -0.980. The molecule has 2 atom stereocenters. The second-order valence-electron chi connectivity index (χ2n) is 3.18.